The minimum atomic E-state index is -0.157. The zero-order valence-corrected chi connectivity index (χ0v) is 13.1. The summed E-state index contributed by atoms with van der Waals surface area (Å²) in [6.45, 7) is 0. The van der Waals surface area contributed by atoms with E-state index in [4.69, 9.17) is 0 Å². The lowest BCUT2D eigenvalue weighted by Crippen LogP contribution is -2.47. The number of carbonyl (C=O) groups excluding carboxylic acids is 1. The van der Waals surface area contributed by atoms with Crippen molar-refractivity contribution in [3.63, 3.8) is 0 Å². The summed E-state index contributed by atoms with van der Waals surface area (Å²) in [4.78, 5) is 16.6. The molecule has 1 aliphatic carbocycles. The molecule has 2 atom stereocenters. The number of amides is 1. The number of nitrogens with zero attached hydrogens (tertiary/aromatic N) is 1. The number of pyridine rings is 1. The number of nitrogens with one attached hydrogen (secondary N) is 3. The highest BCUT2D eigenvalue weighted by Gasteiger charge is 2.31. The third-order valence-electron chi connectivity index (χ3n) is 4.76. The SMILES string of the molecule is O=C(NC1CCCCCCC1)C1CC(c2cccnc2)NN1. The van der Waals surface area contributed by atoms with E-state index in [1.807, 2.05) is 18.3 Å². The van der Waals surface area contributed by atoms with Gasteiger partial charge in [0.1, 0.15) is 6.04 Å². The molecule has 22 heavy (non-hydrogen) atoms. The van der Waals surface area contributed by atoms with Crippen molar-refractivity contribution in [2.75, 3.05) is 0 Å². The zero-order valence-electron chi connectivity index (χ0n) is 13.1. The van der Waals surface area contributed by atoms with Gasteiger partial charge in [0.15, 0.2) is 0 Å². The predicted molar refractivity (Wildman–Crippen MR) is 85.9 cm³/mol. The molecule has 5 nitrogen and oxygen atoms in total. The van der Waals surface area contributed by atoms with Crippen molar-refractivity contribution >= 4 is 5.91 Å². The summed E-state index contributed by atoms with van der Waals surface area (Å²) >= 11 is 0. The van der Waals surface area contributed by atoms with Gasteiger partial charge in [0.25, 0.3) is 0 Å². The lowest BCUT2D eigenvalue weighted by Gasteiger charge is -2.22. The van der Waals surface area contributed by atoms with Gasteiger partial charge in [-0.2, -0.15) is 0 Å². The van der Waals surface area contributed by atoms with Gasteiger partial charge in [0.05, 0.1) is 0 Å². The molecule has 0 bridgehead atoms. The Morgan fingerprint density at radius 1 is 1.14 bits per heavy atom. The molecule has 2 aliphatic rings. The van der Waals surface area contributed by atoms with Gasteiger partial charge in [-0.15, -0.1) is 0 Å². The highest BCUT2D eigenvalue weighted by Crippen LogP contribution is 2.22. The van der Waals surface area contributed by atoms with Crippen LogP contribution in [0.25, 0.3) is 0 Å². The monoisotopic (exact) mass is 302 g/mol. The van der Waals surface area contributed by atoms with Crippen molar-refractivity contribution in [2.24, 2.45) is 0 Å². The summed E-state index contributed by atoms with van der Waals surface area (Å²) in [6.07, 6.45) is 13.1. The fourth-order valence-electron chi connectivity index (χ4n) is 3.43. The van der Waals surface area contributed by atoms with E-state index in [1.165, 1.54) is 32.1 Å². The molecule has 1 amide bonds. The zero-order chi connectivity index (χ0) is 15.2. The van der Waals surface area contributed by atoms with Crippen LogP contribution < -0.4 is 16.2 Å². The van der Waals surface area contributed by atoms with Gasteiger partial charge < -0.3 is 5.32 Å². The van der Waals surface area contributed by atoms with Crippen LogP contribution in [0.5, 0.6) is 0 Å². The summed E-state index contributed by atoms with van der Waals surface area (Å²) in [5.41, 5.74) is 7.47. The van der Waals surface area contributed by atoms with Gasteiger partial charge in [-0.05, 0) is 30.9 Å². The second-order valence-electron chi connectivity index (χ2n) is 6.47. The van der Waals surface area contributed by atoms with Gasteiger partial charge in [-0.1, -0.05) is 38.2 Å². The first-order valence-corrected chi connectivity index (χ1v) is 8.54. The lowest BCUT2D eigenvalue weighted by molar-refractivity contribution is -0.123. The van der Waals surface area contributed by atoms with E-state index in [9.17, 15) is 4.79 Å². The Morgan fingerprint density at radius 2 is 1.91 bits per heavy atom. The van der Waals surface area contributed by atoms with Gasteiger partial charge in [0.2, 0.25) is 5.91 Å². The van der Waals surface area contributed by atoms with Crippen molar-refractivity contribution in [1.29, 1.82) is 0 Å². The van der Waals surface area contributed by atoms with Gasteiger partial charge in [-0.25, -0.2) is 10.9 Å². The summed E-state index contributed by atoms with van der Waals surface area (Å²) in [5.74, 6) is 0.129. The van der Waals surface area contributed by atoms with Crippen molar-refractivity contribution in [2.45, 2.75) is 69.5 Å². The minimum Gasteiger partial charge on any atom is -0.352 e. The quantitative estimate of drug-likeness (QED) is 0.801. The average Bonchev–Trinajstić information content (AvgIpc) is 3.01. The third-order valence-corrected chi connectivity index (χ3v) is 4.76. The van der Waals surface area contributed by atoms with Crippen LogP contribution in [0.15, 0.2) is 24.5 Å². The summed E-state index contributed by atoms with van der Waals surface area (Å²) < 4.78 is 0. The number of hydrogen-bond acceptors (Lipinski definition) is 4. The van der Waals surface area contributed by atoms with Crippen LogP contribution in [-0.4, -0.2) is 23.0 Å². The molecule has 0 spiro atoms. The number of hydrazine groups is 1. The molecule has 1 aliphatic heterocycles. The molecule has 5 heteroatoms. The molecule has 2 heterocycles. The molecule has 0 aromatic carbocycles. The Labute approximate surface area is 132 Å². The van der Waals surface area contributed by atoms with Gasteiger partial charge >= 0.3 is 0 Å². The van der Waals surface area contributed by atoms with Crippen LogP contribution in [0.4, 0.5) is 0 Å². The van der Waals surface area contributed by atoms with Crippen LogP contribution in [0.2, 0.25) is 0 Å². The topological polar surface area (TPSA) is 66.0 Å². The molecular weight excluding hydrogens is 276 g/mol. The molecule has 3 rings (SSSR count). The minimum absolute atomic E-state index is 0.129. The van der Waals surface area contributed by atoms with Crippen LogP contribution >= 0.6 is 0 Å². The number of hydrogen-bond donors (Lipinski definition) is 3. The van der Waals surface area contributed by atoms with Gasteiger partial charge in [-0.3, -0.25) is 9.78 Å². The smallest absolute Gasteiger partial charge is 0.238 e. The van der Waals surface area contributed by atoms with E-state index in [-0.39, 0.29) is 18.0 Å². The first-order chi connectivity index (χ1) is 10.8. The van der Waals surface area contributed by atoms with E-state index in [0.717, 1.165) is 24.8 Å². The second-order valence-corrected chi connectivity index (χ2v) is 6.47. The highest BCUT2D eigenvalue weighted by atomic mass is 16.2. The molecule has 3 N–H and O–H groups in total. The Morgan fingerprint density at radius 3 is 2.64 bits per heavy atom. The average molecular weight is 302 g/mol. The number of rotatable bonds is 3. The van der Waals surface area contributed by atoms with Crippen molar-refractivity contribution in [3.8, 4) is 0 Å². The number of carbonyl (C=O) groups is 1. The van der Waals surface area contributed by atoms with E-state index in [1.54, 1.807) is 6.20 Å². The summed E-state index contributed by atoms with van der Waals surface area (Å²) in [6, 6.07) is 4.32. The molecule has 1 saturated carbocycles. The standard InChI is InChI=1S/C17H26N4O/c22-17(19-14-8-4-2-1-3-5-9-14)16-11-15(20-21-16)13-7-6-10-18-12-13/h6-7,10,12,14-16,20-21H,1-5,8-9,11H2,(H,19,22). The van der Waals surface area contributed by atoms with Crippen LogP contribution in [-0.2, 0) is 4.79 Å². The summed E-state index contributed by atoms with van der Waals surface area (Å²) in [5, 5.41) is 3.24. The van der Waals surface area contributed by atoms with E-state index >= 15 is 0 Å². The molecule has 0 radical (unpaired) electrons. The van der Waals surface area contributed by atoms with Crippen molar-refractivity contribution in [3.05, 3.63) is 30.1 Å². The van der Waals surface area contributed by atoms with Crippen LogP contribution in [0.3, 0.4) is 0 Å². The molecule has 120 valence electrons. The molecule has 2 unspecified atom stereocenters. The van der Waals surface area contributed by atoms with E-state index < -0.39 is 0 Å². The fourth-order valence-corrected chi connectivity index (χ4v) is 3.43. The van der Waals surface area contributed by atoms with E-state index in [2.05, 4.69) is 21.2 Å². The Balaban J connectivity index is 1.50. The Hall–Kier alpha value is -1.46. The Bertz CT molecular complexity index is 471. The Kier molecular flexibility index (Phi) is 5.40. The normalized spacial score (nSPS) is 27.1. The summed E-state index contributed by atoms with van der Waals surface area (Å²) in [7, 11) is 0. The number of aromatic nitrogens is 1. The maximum atomic E-state index is 12.5. The molecular formula is C17H26N4O. The largest absolute Gasteiger partial charge is 0.352 e. The van der Waals surface area contributed by atoms with Crippen LogP contribution in [0, 0.1) is 0 Å². The van der Waals surface area contributed by atoms with E-state index in [0.29, 0.717) is 6.04 Å². The lowest BCUT2D eigenvalue weighted by atomic mass is 9.96. The molecule has 1 saturated heterocycles. The maximum absolute atomic E-state index is 12.5. The second kappa shape index (κ2) is 7.70. The molecule has 2 fully saturated rings. The molecule has 1 aromatic heterocycles. The third kappa shape index (κ3) is 4.05. The maximum Gasteiger partial charge on any atom is 0.238 e. The fraction of sp³-hybridized carbons (Fsp3) is 0.647. The predicted octanol–water partition coefficient (Wildman–Crippen LogP) is 2.22. The van der Waals surface area contributed by atoms with Crippen LogP contribution in [0.1, 0.15) is 63.0 Å². The highest BCUT2D eigenvalue weighted by molar-refractivity contribution is 5.82. The van der Waals surface area contributed by atoms with Gasteiger partial charge in [0, 0.05) is 24.5 Å². The van der Waals surface area contributed by atoms with Crippen molar-refractivity contribution in [1.82, 2.24) is 21.2 Å². The first kappa shape index (κ1) is 15.4. The molecule has 1 aromatic rings. The first-order valence-electron chi connectivity index (χ1n) is 8.54. The van der Waals surface area contributed by atoms with Crippen molar-refractivity contribution < 1.29 is 4.79 Å².